The number of aliphatic carboxylic acids is 1. The minimum Gasteiger partial charge on any atom is -0.481 e. The number of thiophene rings is 1. The molecule has 0 aliphatic carbocycles. The molecule has 1 aliphatic heterocycles. The van der Waals surface area contributed by atoms with Gasteiger partial charge in [-0.1, -0.05) is 6.07 Å². The van der Waals surface area contributed by atoms with Crippen molar-refractivity contribution in [1.82, 2.24) is 9.88 Å². The van der Waals surface area contributed by atoms with Crippen molar-refractivity contribution in [3.63, 3.8) is 0 Å². The maximum absolute atomic E-state index is 12.3. The lowest BCUT2D eigenvalue weighted by Crippen LogP contribution is -2.29. The molecule has 1 saturated heterocycles. The second-order valence-corrected chi connectivity index (χ2v) is 6.56. The van der Waals surface area contributed by atoms with E-state index in [9.17, 15) is 9.59 Å². The van der Waals surface area contributed by atoms with Crippen LogP contribution in [-0.2, 0) is 4.79 Å². The zero-order chi connectivity index (χ0) is 14.1. The largest absolute Gasteiger partial charge is 0.481 e. The molecule has 2 aromatic heterocycles. The lowest BCUT2D eigenvalue weighted by Gasteiger charge is -2.13. The molecule has 20 heavy (non-hydrogen) atoms. The zero-order valence-corrected chi connectivity index (χ0v) is 12.1. The number of nitrogens with zero attached hydrogens (tertiary/aromatic N) is 2. The van der Waals surface area contributed by atoms with Gasteiger partial charge in [0.05, 0.1) is 17.0 Å². The summed E-state index contributed by atoms with van der Waals surface area (Å²) in [6.07, 6.45) is 2.10. The molecular weight excluding hydrogens is 296 g/mol. The van der Waals surface area contributed by atoms with Gasteiger partial charge < -0.3 is 10.0 Å². The maximum Gasteiger partial charge on any atom is 0.308 e. The molecule has 0 spiro atoms. The third-order valence-corrected chi connectivity index (χ3v) is 5.30. The molecule has 2 aromatic rings. The molecule has 5 nitrogen and oxygen atoms in total. The van der Waals surface area contributed by atoms with E-state index in [4.69, 9.17) is 5.11 Å². The molecule has 0 unspecified atom stereocenters. The Kier molecular flexibility index (Phi) is 3.54. The smallest absolute Gasteiger partial charge is 0.308 e. The number of hydrogen-bond acceptors (Lipinski definition) is 5. The Hall–Kier alpha value is -1.73. The summed E-state index contributed by atoms with van der Waals surface area (Å²) in [6, 6.07) is 3.91. The first-order valence-corrected chi connectivity index (χ1v) is 7.86. The van der Waals surface area contributed by atoms with Crippen molar-refractivity contribution in [3.8, 4) is 9.88 Å². The number of carboxylic acid groups (broad SMARTS) is 1. The summed E-state index contributed by atoms with van der Waals surface area (Å²) in [5.41, 5.74) is 0. The van der Waals surface area contributed by atoms with Gasteiger partial charge >= 0.3 is 5.97 Å². The minimum absolute atomic E-state index is 0.117. The highest BCUT2D eigenvalue weighted by Crippen LogP contribution is 2.30. The summed E-state index contributed by atoms with van der Waals surface area (Å²) in [5.74, 6) is -1.39. The highest BCUT2D eigenvalue weighted by molar-refractivity contribution is 7.21. The maximum atomic E-state index is 12.3. The fourth-order valence-electron chi connectivity index (χ4n) is 2.19. The Labute approximate surface area is 123 Å². The first-order chi connectivity index (χ1) is 9.65. The number of thiazole rings is 1. The van der Waals surface area contributed by atoms with E-state index in [2.05, 4.69) is 4.98 Å². The summed E-state index contributed by atoms with van der Waals surface area (Å²) in [5, 5.41) is 11.8. The Bertz CT molecular complexity index is 636. The van der Waals surface area contributed by atoms with Gasteiger partial charge in [0.15, 0.2) is 0 Å². The molecular formula is C13H12N2O3S2. The van der Waals surface area contributed by atoms with Gasteiger partial charge in [0.25, 0.3) is 5.91 Å². The monoisotopic (exact) mass is 308 g/mol. The number of aromatic nitrogens is 1. The zero-order valence-electron chi connectivity index (χ0n) is 10.5. The van der Waals surface area contributed by atoms with Crippen LogP contribution in [-0.4, -0.2) is 40.0 Å². The number of rotatable bonds is 3. The highest BCUT2D eigenvalue weighted by atomic mass is 32.1. The molecule has 104 valence electrons. The van der Waals surface area contributed by atoms with E-state index >= 15 is 0 Å². The second-order valence-electron chi connectivity index (χ2n) is 4.58. The number of carbonyl (C=O) groups is 2. The summed E-state index contributed by atoms with van der Waals surface area (Å²) in [6.45, 7) is 0.794. The third kappa shape index (κ3) is 2.46. The fourth-order valence-corrected chi connectivity index (χ4v) is 3.88. The standard InChI is InChI=1S/C13H12N2O3S2/c16-12(15-4-3-8(7-15)13(17)18)10-6-14-11(20-10)9-2-1-5-19-9/h1-2,5-6,8H,3-4,7H2,(H,17,18)/t8-/m0/s1. The van der Waals surface area contributed by atoms with E-state index < -0.39 is 11.9 Å². The van der Waals surface area contributed by atoms with E-state index in [0.717, 1.165) is 9.88 Å². The predicted molar refractivity (Wildman–Crippen MR) is 77.1 cm³/mol. The minimum atomic E-state index is -0.830. The first-order valence-electron chi connectivity index (χ1n) is 6.17. The van der Waals surface area contributed by atoms with E-state index in [-0.39, 0.29) is 5.91 Å². The van der Waals surface area contributed by atoms with E-state index in [0.29, 0.717) is 24.4 Å². The van der Waals surface area contributed by atoms with Crippen LogP contribution < -0.4 is 0 Å². The number of amides is 1. The molecule has 3 rings (SSSR count). The number of carboxylic acids is 1. The molecule has 1 amide bonds. The van der Waals surface area contributed by atoms with E-state index in [1.54, 1.807) is 22.4 Å². The van der Waals surface area contributed by atoms with Crippen LogP contribution in [0.15, 0.2) is 23.7 Å². The first kappa shape index (κ1) is 13.3. The predicted octanol–water partition coefficient (Wildman–Crippen LogP) is 2.42. The van der Waals surface area contributed by atoms with Crippen LogP contribution in [0.2, 0.25) is 0 Å². The van der Waals surface area contributed by atoms with Crippen LogP contribution in [0.5, 0.6) is 0 Å². The normalized spacial score (nSPS) is 18.4. The lowest BCUT2D eigenvalue weighted by molar-refractivity contribution is -0.141. The van der Waals surface area contributed by atoms with Gasteiger partial charge in [0, 0.05) is 13.1 Å². The van der Waals surface area contributed by atoms with Gasteiger partial charge in [-0.2, -0.15) is 0 Å². The number of carbonyl (C=O) groups excluding carboxylic acids is 1. The summed E-state index contributed by atoms with van der Waals surface area (Å²) in [4.78, 5) is 30.7. The van der Waals surface area contributed by atoms with Gasteiger partial charge in [-0.05, 0) is 17.9 Å². The van der Waals surface area contributed by atoms with Crippen molar-refractivity contribution >= 4 is 34.6 Å². The van der Waals surface area contributed by atoms with Crippen molar-refractivity contribution in [3.05, 3.63) is 28.6 Å². The van der Waals surface area contributed by atoms with Crippen molar-refractivity contribution in [1.29, 1.82) is 0 Å². The van der Waals surface area contributed by atoms with Crippen LogP contribution in [0.3, 0.4) is 0 Å². The van der Waals surface area contributed by atoms with Crippen molar-refractivity contribution in [2.75, 3.05) is 13.1 Å². The van der Waals surface area contributed by atoms with Crippen LogP contribution >= 0.6 is 22.7 Å². The molecule has 0 bridgehead atoms. The molecule has 1 aliphatic rings. The Morgan fingerprint density at radius 2 is 2.30 bits per heavy atom. The summed E-state index contributed by atoms with van der Waals surface area (Å²) < 4.78 is 0. The van der Waals surface area contributed by atoms with Gasteiger partial charge in [0.1, 0.15) is 9.88 Å². The molecule has 0 radical (unpaired) electrons. The molecule has 7 heteroatoms. The summed E-state index contributed by atoms with van der Waals surface area (Å²) in [7, 11) is 0. The Morgan fingerprint density at radius 1 is 1.45 bits per heavy atom. The van der Waals surface area contributed by atoms with Crippen LogP contribution in [0, 0.1) is 5.92 Å². The number of hydrogen-bond donors (Lipinski definition) is 1. The average molecular weight is 308 g/mol. The van der Waals surface area contributed by atoms with Gasteiger partial charge in [-0.25, -0.2) is 4.98 Å². The van der Waals surface area contributed by atoms with Gasteiger partial charge in [-0.15, -0.1) is 22.7 Å². The van der Waals surface area contributed by atoms with E-state index in [1.165, 1.54) is 11.3 Å². The van der Waals surface area contributed by atoms with Crippen LogP contribution in [0.1, 0.15) is 16.1 Å². The second kappa shape index (κ2) is 5.34. The van der Waals surface area contributed by atoms with Gasteiger partial charge in [-0.3, -0.25) is 9.59 Å². The molecule has 1 atom stereocenters. The van der Waals surface area contributed by atoms with Crippen LogP contribution in [0.25, 0.3) is 9.88 Å². The lowest BCUT2D eigenvalue weighted by atomic mass is 10.1. The quantitative estimate of drug-likeness (QED) is 0.945. The van der Waals surface area contributed by atoms with Crippen LogP contribution in [0.4, 0.5) is 0 Å². The molecule has 0 saturated carbocycles. The molecule has 1 fully saturated rings. The van der Waals surface area contributed by atoms with Crippen molar-refractivity contribution in [2.45, 2.75) is 6.42 Å². The Morgan fingerprint density at radius 3 is 2.95 bits per heavy atom. The SMILES string of the molecule is O=C(O)[C@H]1CCN(C(=O)c2cnc(-c3cccs3)s2)C1. The van der Waals surface area contributed by atoms with Gasteiger partial charge in [0.2, 0.25) is 0 Å². The van der Waals surface area contributed by atoms with Crippen molar-refractivity contribution < 1.29 is 14.7 Å². The summed E-state index contributed by atoms with van der Waals surface area (Å²) >= 11 is 2.94. The molecule has 3 heterocycles. The molecule has 0 aromatic carbocycles. The number of likely N-dealkylation sites (tertiary alicyclic amines) is 1. The molecule has 1 N–H and O–H groups in total. The van der Waals surface area contributed by atoms with Crippen molar-refractivity contribution in [2.24, 2.45) is 5.92 Å². The van der Waals surface area contributed by atoms with E-state index in [1.807, 2.05) is 17.5 Å². The topological polar surface area (TPSA) is 70.5 Å². The highest BCUT2D eigenvalue weighted by Gasteiger charge is 2.32. The third-order valence-electron chi connectivity index (χ3n) is 3.27. The fraction of sp³-hybridized carbons (Fsp3) is 0.308. The average Bonchev–Trinajstić information content (AvgIpc) is 3.17. The Balaban J connectivity index is 1.74.